The summed E-state index contributed by atoms with van der Waals surface area (Å²) in [6, 6.07) is 4.49. The summed E-state index contributed by atoms with van der Waals surface area (Å²) in [6.45, 7) is 5.93. The van der Waals surface area contributed by atoms with Gasteiger partial charge in [0.2, 0.25) is 0 Å². The standard InChI is InChI=1S/C12H17N3S/c1-8-5-12(15-9(2)7-16-4)11(6-13)10(3)14-8/h5,9H,7H2,1-4H3,(H,14,15). The van der Waals surface area contributed by atoms with Gasteiger partial charge in [0.1, 0.15) is 6.07 Å². The molecular formula is C12H17N3S. The molecule has 1 N–H and O–H groups in total. The minimum Gasteiger partial charge on any atom is -0.381 e. The third-order valence-corrected chi connectivity index (χ3v) is 3.09. The largest absolute Gasteiger partial charge is 0.381 e. The Morgan fingerprint density at radius 3 is 2.81 bits per heavy atom. The topological polar surface area (TPSA) is 48.7 Å². The molecule has 1 aromatic heterocycles. The molecule has 0 saturated heterocycles. The van der Waals surface area contributed by atoms with E-state index in [2.05, 4.69) is 29.5 Å². The van der Waals surface area contributed by atoms with Gasteiger partial charge in [0.25, 0.3) is 0 Å². The van der Waals surface area contributed by atoms with Gasteiger partial charge in [0.05, 0.1) is 16.9 Å². The second-order valence-corrected chi connectivity index (χ2v) is 4.79. The van der Waals surface area contributed by atoms with Gasteiger partial charge >= 0.3 is 0 Å². The highest BCUT2D eigenvalue weighted by atomic mass is 32.2. The predicted octanol–water partition coefficient (Wildman–Crippen LogP) is 2.73. The summed E-state index contributed by atoms with van der Waals surface area (Å²) in [4.78, 5) is 4.29. The van der Waals surface area contributed by atoms with Gasteiger partial charge in [-0.15, -0.1) is 0 Å². The smallest absolute Gasteiger partial charge is 0.103 e. The molecule has 1 unspecified atom stereocenters. The molecule has 0 aliphatic heterocycles. The average molecular weight is 235 g/mol. The highest BCUT2D eigenvalue weighted by Crippen LogP contribution is 2.20. The molecule has 1 atom stereocenters. The first-order valence-corrected chi connectivity index (χ1v) is 6.61. The van der Waals surface area contributed by atoms with Crippen molar-refractivity contribution < 1.29 is 0 Å². The van der Waals surface area contributed by atoms with Gasteiger partial charge in [-0.2, -0.15) is 17.0 Å². The minimum absolute atomic E-state index is 0.350. The second-order valence-electron chi connectivity index (χ2n) is 3.88. The van der Waals surface area contributed by atoms with E-state index in [1.807, 2.05) is 19.9 Å². The predicted molar refractivity (Wildman–Crippen MR) is 69.9 cm³/mol. The van der Waals surface area contributed by atoms with Crippen molar-refractivity contribution in [2.75, 3.05) is 17.3 Å². The summed E-state index contributed by atoms with van der Waals surface area (Å²) in [5, 5.41) is 12.5. The summed E-state index contributed by atoms with van der Waals surface area (Å²) >= 11 is 1.79. The van der Waals surface area contributed by atoms with Crippen LogP contribution in [-0.4, -0.2) is 23.0 Å². The first-order chi connectivity index (χ1) is 7.58. The number of nitriles is 1. The fraction of sp³-hybridized carbons (Fsp3) is 0.500. The van der Waals surface area contributed by atoms with Gasteiger partial charge in [-0.1, -0.05) is 0 Å². The van der Waals surface area contributed by atoms with Gasteiger partial charge in [-0.3, -0.25) is 4.98 Å². The van der Waals surface area contributed by atoms with E-state index < -0.39 is 0 Å². The number of hydrogen-bond acceptors (Lipinski definition) is 4. The van der Waals surface area contributed by atoms with E-state index in [1.54, 1.807) is 11.8 Å². The lowest BCUT2D eigenvalue weighted by molar-refractivity contribution is 0.909. The van der Waals surface area contributed by atoms with Crippen LogP contribution < -0.4 is 5.32 Å². The number of nitrogens with zero attached hydrogens (tertiary/aromatic N) is 2. The Labute approximate surface area is 101 Å². The zero-order chi connectivity index (χ0) is 12.1. The van der Waals surface area contributed by atoms with E-state index in [9.17, 15) is 0 Å². The summed E-state index contributed by atoms with van der Waals surface area (Å²) in [7, 11) is 0. The monoisotopic (exact) mass is 235 g/mol. The minimum atomic E-state index is 0.350. The molecule has 0 aliphatic carbocycles. The lowest BCUT2D eigenvalue weighted by Gasteiger charge is -2.16. The lowest BCUT2D eigenvalue weighted by Crippen LogP contribution is -2.19. The average Bonchev–Trinajstić information content (AvgIpc) is 2.17. The Morgan fingerprint density at radius 1 is 1.56 bits per heavy atom. The molecule has 0 saturated carbocycles. The molecule has 0 fully saturated rings. The normalized spacial score (nSPS) is 11.9. The molecule has 0 aromatic carbocycles. The van der Waals surface area contributed by atoms with E-state index >= 15 is 0 Å². The van der Waals surface area contributed by atoms with Crippen LogP contribution in [0.2, 0.25) is 0 Å². The summed E-state index contributed by atoms with van der Waals surface area (Å²) < 4.78 is 0. The van der Waals surface area contributed by atoms with E-state index in [1.165, 1.54) is 0 Å². The number of anilines is 1. The van der Waals surface area contributed by atoms with Gasteiger partial charge in [-0.25, -0.2) is 0 Å². The van der Waals surface area contributed by atoms with E-state index in [-0.39, 0.29) is 0 Å². The third kappa shape index (κ3) is 3.14. The van der Waals surface area contributed by atoms with Crippen LogP contribution in [0.5, 0.6) is 0 Å². The third-order valence-electron chi connectivity index (χ3n) is 2.26. The second kappa shape index (κ2) is 5.76. The Kier molecular flexibility index (Phi) is 4.63. The molecule has 0 radical (unpaired) electrons. The van der Waals surface area contributed by atoms with Crippen LogP contribution in [0, 0.1) is 25.2 Å². The van der Waals surface area contributed by atoms with Crippen LogP contribution in [0.1, 0.15) is 23.9 Å². The van der Waals surface area contributed by atoms with Crippen LogP contribution in [-0.2, 0) is 0 Å². The van der Waals surface area contributed by atoms with Crippen molar-refractivity contribution in [3.05, 3.63) is 23.0 Å². The van der Waals surface area contributed by atoms with Crippen molar-refractivity contribution in [2.24, 2.45) is 0 Å². The van der Waals surface area contributed by atoms with Crippen LogP contribution in [0.3, 0.4) is 0 Å². The van der Waals surface area contributed by atoms with Crippen LogP contribution >= 0.6 is 11.8 Å². The fourth-order valence-electron chi connectivity index (χ4n) is 1.64. The molecule has 0 spiro atoms. The number of aromatic nitrogens is 1. The van der Waals surface area contributed by atoms with E-state index in [4.69, 9.17) is 5.26 Å². The molecule has 1 heterocycles. The van der Waals surface area contributed by atoms with Crippen molar-refractivity contribution >= 4 is 17.4 Å². The molecule has 86 valence electrons. The van der Waals surface area contributed by atoms with Gasteiger partial charge in [-0.05, 0) is 33.1 Å². The summed E-state index contributed by atoms with van der Waals surface area (Å²) in [5.74, 6) is 1.02. The summed E-state index contributed by atoms with van der Waals surface area (Å²) in [6.07, 6.45) is 2.08. The van der Waals surface area contributed by atoms with Gasteiger partial charge < -0.3 is 5.32 Å². The summed E-state index contributed by atoms with van der Waals surface area (Å²) in [5.41, 5.74) is 3.28. The number of hydrogen-bond donors (Lipinski definition) is 1. The Balaban J connectivity index is 2.99. The molecule has 3 nitrogen and oxygen atoms in total. The zero-order valence-electron chi connectivity index (χ0n) is 10.2. The molecule has 1 rings (SSSR count). The van der Waals surface area contributed by atoms with Crippen molar-refractivity contribution in [1.29, 1.82) is 5.26 Å². The Morgan fingerprint density at radius 2 is 2.25 bits per heavy atom. The molecule has 1 aromatic rings. The molecule has 0 bridgehead atoms. The lowest BCUT2D eigenvalue weighted by atomic mass is 10.1. The maximum atomic E-state index is 9.10. The molecule has 0 aliphatic rings. The molecule has 4 heteroatoms. The van der Waals surface area contributed by atoms with Gasteiger partial charge in [0, 0.05) is 17.5 Å². The molecular weight excluding hydrogens is 218 g/mol. The van der Waals surface area contributed by atoms with Crippen molar-refractivity contribution in [1.82, 2.24) is 4.98 Å². The Hall–Kier alpha value is -1.21. The van der Waals surface area contributed by atoms with Crippen molar-refractivity contribution in [3.8, 4) is 6.07 Å². The van der Waals surface area contributed by atoms with E-state index in [0.717, 1.165) is 22.8 Å². The first kappa shape index (κ1) is 12.9. The maximum Gasteiger partial charge on any atom is 0.103 e. The van der Waals surface area contributed by atoms with Crippen LogP contribution in [0.25, 0.3) is 0 Å². The first-order valence-electron chi connectivity index (χ1n) is 5.22. The van der Waals surface area contributed by atoms with Crippen molar-refractivity contribution in [2.45, 2.75) is 26.8 Å². The number of thioether (sulfide) groups is 1. The molecule has 0 amide bonds. The Bertz CT molecular complexity index is 409. The number of rotatable bonds is 4. The number of aryl methyl sites for hydroxylation is 2. The fourth-order valence-corrected chi connectivity index (χ4v) is 2.22. The number of nitrogens with one attached hydrogen (secondary N) is 1. The highest BCUT2D eigenvalue weighted by Gasteiger charge is 2.10. The maximum absolute atomic E-state index is 9.10. The molecule has 16 heavy (non-hydrogen) atoms. The SMILES string of the molecule is CSCC(C)Nc1cc(C)nc(C)c1C#N. The van der Waals surface area contributed by atoms with Crippen LogP contribution in [0.4, 0.5) is 5.69 Å². The van der Waals surface area contributed by atoms with Crippen LogP contribution in [0.15, 0.2) is 6.07 Å². The number of pyridine rings is 1. The zero-order valence-corrected chi connectivity index (χ0v) is 11.0. The van der Waals surface area contributed by atoms with Gasteiger partial charge in [0.15, 0.2) is 0 Å². The highest BCUT2D eigenvalue weighted by molar-refractivity contribution is 7.98. The quantitative estimate of drug-likeness (QED) is 0.871. The van der Waals surface area contributed by atoms with E-state index in [0.29, 0.717) is 11.6 Å². The van der Waals surface area contributed by atoms with Crippen molar-refractivity contribution in [3.63, 3.8) is 0 Å².